The quantitative estimate of drug-likeness (QED) is 0.121. The Morgan fingerprint density at radius 1 is 0.432 bits per heavy atom. The lowest BCUT2D eigenvalue weighted by atomic mass is 10.1. The number of para-hydroxylation sites is 1. The maximum Gasteiger partial charge on any atom is 0.119 e. The van der Waals surface area contributed by atoms with Gasteiger partial charge in [-0.05, 0) is 60.6 Å². The van der Waals surface area contributed by atoms with Gasteiger partial charge in [0, 0.05) is 26.2 Å². The van der Waals surface area contributed by atoms with Crippen molar-refractivity contribution >= 4 is 0 Å². The summed E-state index contributed by atoms with van der Waals surface area (Å²) in [6.07, 6.45) is 4.53. The van der Waals surface area contributed by atoms with E-state index in [1.165, 1.54) is 22.3 Å². The fraction of sp³-hybridized carbons (Fsp3) is 0.268. The Labute approximate surface area is 265 Å². The molecule has 1 atom stereocenters. The first kappa shape index (κ1) is 34.3. The van der Waals surface area contributed by atoms with E-state index in [0.29, 0.717) is 12.7 Å². The van der Waals surface area contributed by atoms with Gasteiger partial charge in [0.25, 0.3) is 0 Å². The molecule has 0 heterocycles. The van der Waals surface area contributed by atoms with Crippen molar-refractivity contribution in [3.05, 3.63) is 152 Å². The highest BCUT2D eigenvalue weighted by Gasteiger charge is 1.98. The van der Waals surface area contributed by atoms with Crippen molar-refractivity contribution < 1.29 is 14.2 Å². The monoisotopic (exact) mass is 588 g/mol. The highest BCUT2D eigenvalue weighted by Crippen LogP contribution is 2.18. The van der Waals surface area contributed by atoms with Gasteiger partial charge in [0.05, 0.1) is 12.7 Å². The molecule has 3 heteroatoms. The second-order valence-electron chi connectivity index (χ2n) is 10.4. The molecule has 0 aliphatic carbocycles. The Kier molecular flexibility index (Phi) is 17.4. The lowest BCUT2D eigenvalue weighted by Crippen LogP contribution is -2.08. The molecule has 0 N–H and O–H groups in total. The molecule has 5 aromatic carbocycles. The average molecular weight is 589 g/mol. The van der Waals surface area contributed by atoms with Crippen LogP contribution >= 0.6 is 0 Å². The van der Waals surface area contributed by atoms with E-state index in [1.54, 1.807) is 0 Å². The van der Waals surface area contributed by atoms with Crippen molar-refractivity contribution in [2.75, 3.05) is 26.4 Å². The summed E-state index contributed by atoms with van der Waals surface area (Å²) in [6.45, 7) is 7.39. The minimum absolute atomic E-state index is 0.381. The van der Waals surface area contributed by atoms with Gasteiger partial charge in [0.2, 0.25) is 0 Å². The maximum atomic E-state index is 5.61. The van der Waals surface area contributed by atoms with E-state index in [1.807, 2.05) is 54.6 Å². The summed E-state index contributed by atoms with van der Waals surface area (Å²) in [5, 5.41) is 0. The molecule has 0 aliphatic heterocycles. The van der Waals surface area contributed by atoms with E-state index in [-0.39, 0.29) is 0 Å². The van der Waals surface area contributed by atoms with Crippen LogP contribution in [0.25, 0.3) is 22.3 Å². The van der Waals surface area contributed by atoms with Gasteiger partial charge in [-0.2, -0.15) is 0 Å². The number of rotatable bonds is 14. The predicted molar refractivity (Wildman–Crippen MR) is 186 cm³/mol. The lowest BCUT2D eigenvalue weighted by molar-refractivity contribution is 0.0530. The normalized spacial score (nSPS) is 10.9. The van der Waals surface area contributed by atoms with Crippen LogP contribution in [0.3, 0.4) is 0 Å². The Hall–Kier alpha value is -4.18. The molecular formula is C41H48O3. The molecule has 0 bridgehead atoms. The van der Waals surface area contributed by atoms with Crippen LogP contribution in [0.5, 0.6) is 5.75 Å². The Morgan fingerprint density at radius 3 is 1.20 bits per heavy atom. The van der Waals surface area contributed by atoms with E-state index < -0.39 is 0 Å². The molecule has 0 saturated carbocycles. The number of benzene rings is 5. The van der Waals surface area contributed by atoms with Gasteiger partial charge in [-0.3, -0.25) is 0 Å². The van der Waals surface area contributed by atoms with Crippen LogP contribution in [0.2, 0.25) is 0 Å². The minimum atomic E-state index is 0.381. The van der Waals surface area contributed by atoms with Crippen LogP contribution in [-0.2, 0) is 9.47 Å². The van der Waals surface area contributed by atoms with Gasteiger partial charge >= 0.3 is 0 Å². The smallest absolute Gasteiger partial charge is 0.119 e. The summed E-state index contributed by atoms with van der Waals surface area (Å²) in [5.41, 5.74) is 5.10. The van der Waals surface area contributed by atoms with Gasteiger partial charge in [-0.15, -0.1) is 0 Å². The van der Waals surface area contributed by atoms with Crippen molar-refractivity contribution in [1.82, 2.24) is 0 Å². The molecule has 0 saturated heterocycles. The molecule has 0 aromatic heterocycles. The van der Waals surface area contributed by atoms with Gasteiger partial charge in [-0.25, -0.2) is 0 Å². The first-order chi connectivity index (χ1) is 21.8. The highest BCUT2D eigenvalue weighted by molar-refractivity contribution is 5.63. The largest absolute Gasteiger partial charge is 0.494 e. The number of unbranched alkanes of at least 4 members (excludes halogenated alkanes) is 1. The molecule has 0 radical (unpaired) electrons. The number of hydrogen-bond donors (Lipinski definition) is 0. The van der Waals surface area contributed by atoms with E-state index in [2.05, 4.69) is 111 Å². The summed E-state index contributed by atoms with van der Waals surface area (Å²) in [4.78, 5) is 0. The van der Waals surface area contributed by atoms with Crippen LogP contribution in [0, 0.1) is 0 Å². The van der Waals surface area contributed by atoms with E-state index in [9.17, 15) is 0 Å². The summed E-state index contributed by atoms with van der Waals surface area (Å²) >= 11 is 0. The molecule has 0 aliphatic rings. The maximum absolute atomic E-state index is 5.61. The van der Waals surface area contributed by atoms with Gasteiger partial charge < -0.3 is 14.2 Å². The zero-order valence-electron chi connectivity index (χ0n) is 26.4. The molecule has 230 valence electrons. The molecule has 5 rings (SSSR count). The van der Waals surface area contributed by atoms with Crippen LogP contribution in [0.1, 0.15) is 39.5 Å². The molecule has 44 heavy (non-hydrogen) atoms. The van der Waals surface area contributed by atoms with Crippen molar-refractivity contribution in [3.63, 3.8) is 0 Å². The molecule has 5 aromatic rings. The fourth-order valence-electron chi connectivity index (χ4n) is 4.20. The number of ether oxygens (including phenoxy) is 3. The standard InChI is InChI=1S/C17H28O3.2C12H10/c1-3-16(2)19-14-8-7-12-18-13-9-15-20-17-10-5-4-6-11-17;2*1-3-7-11(8-4-1)12-9-5-2-6-10-12/h4-6,10-11,16H,3,7-9,12-15H2,1-2H3;2*1-10H. The van der Waals surface area contributed by atoms with E-state index in [4.69, 9.17) is 14.2 Å². The lowest BCUT2D eigenvalue weighted by Gasteiger charge is -2.10. The average Bonchev–Trinajstić information content (AvgIpc) is 3.11. The van der Waals surface area contributed by atoms with Crippen molar-refractivity contribution in [3.8, 4) is 28.0 Å². The minimum Gasteiger partial charge on any atom is -0.494 e. The van der Waals surface area contributed by atoms with Crippen LogP contribution < -0.4 is 4.74 Å². The Balaban J connectivity index is 0.000000189. The SMILES string of the molecule is CCC(C)OCCCCOCCCOc1ccccc1.c1ccc(-c2ccccc2)cc1.c1ccc(-c2ccccc2)cc1. The predicted octanol–water partition coefficient (Wildman–Crippen LogP) is 10.8. The zero-order valence-corrected chi connectivity index (χ0v) is 26.4. The third-order valence-corrected chi connectivity index (χ3v) is 6.87. The Bertz CT molecular complexity index is 1180. The van der Waals surface area contributed by atoms with Crippen molar-refractivity contribution in [2.45, 2.75) is 45.6 Å². The van der Waals surface area contributed by atoms with Crippen molar-refractivity contribution in [1.29, 1.82) is 0 Å². The summed E-state index contributed by atoms with van der Waals surface area (Å²) < 4.78 is 16.8. The molecule has 1 unspecified atom stereocenters. The highest BCUT2D eigenvalue weighted by atomic mass is 16.5. The summed E-state index contributed by atoms with van der Waals surface area (Å²) in [7, 11) is 0. The van der Waals surface area contributed by atoms with Gasteiger partial charge in [-0.1, -0.05) is 146 Å². The first-order valence-corrected chi connectivity index (χ1v) is 15.8. The Morgan fingerprint density at radius 2 is 0.795 bits per heavy atom. The topological polar surface area (TPSA) is 27.7 Å². The molecule has 3 nitrogen and oxygen atoms in total. The van der Waals surface area contributed by atoms with Crippen molar-refractivity contribution in [2.24, 2.45) is 0 Å². The summed E-state index contributed by atoms with van der Waals surface area (Å²) in [5.74, 6) is 0.926. The second kappa shape index (κ2) is 22.4. The van der Waals surface area contributed by atoms with Crippen LogP contribution in [0.15, 0.2) is 152 Å². The number of hydrogen-bond acceptors (Lipinski definition) is 3. The van der Waals surface area contributed by atoms with Crippen LogP contribution in [0.4, 0.5) is 0 Å². The van der Waals surface area contributed by atoms with Gasteiger partial charge in [0.1, 0.15) is 5.75 Å². The van der Waals surface area contributed by atoms with E-state index >= 15 is 0 Å². The summed E-state index contributed by atoms with van der Waals surface area (Å²) in [6, 6.07) is 51.4. The fourth-order valence-corrected chi connectivity index (χ4v) is 4.20. The second-order valence-corrected chi connectivity index (χ2v) is 10.4. The molecule has 0 spiro atoms. The van der Waals surface area contributed by atoms with Gasteiger partial charge in [0.15, 0.2) is 0 Å². The zero-order chi connectivity index (χ0) is 30.9. The molecule has 0 fully saturated rings. The molecule has 0 amide bonds. The van der Waals surface area contributed by atoms with Crippen LogP contribution in [-0.4, -0.2) is 32.5 Å². The first-order valence-electron chi connectivity index (χ1n) is 15.8. The third kappa shape index (κ3) is 14.8. The third-order valence-electron chi connectivity index (χ3n) is 6.87. The molecular weight excluding hydrogens is 540 g/mol. The van der Waals surface area contributed by atoms with E-state index in [0.717, 1.165) is 51.3 Å².